The monoisotopic (exact) mass is 272 g/mol. The van der Waals surface area contributed by atoms with Crippen molar-refractivity contribution in [2.45, 2.75) is 0 Å². The van der Waals surface area contributed by atoms with Crippen LogP contribution in [0.4, 0.5) is 5.69 Å². The summed E-state index contributed by atoms with van der Waals surface area (Å²) in [7, 11) is 0. The second-order valence-corrected chi connectivity index (χ2v) is 4.64. The molecule has 0 aliphatic carbocycles. The van der Waals surface area contributed by atoms with Crippen LogP contribution in [-0.4, -0.2) is 16.6 Å². The van der Waals surface area contributed by atoms with Gasteiger partial charge < -0.3 is 0 Å². The van der Waals surface area contributed by atoms with Crippen LogP contribution in [0.1, 0.15) is 5.69 Å². The molecule has 0 spiro atoms. The highest BCUT2D eigenvalue weighted by Crippen LogP contribution is 2.27. The Kier molecular flexibility index (Phi) is 3.11. The number of hydrazine groups is 2. The fourth-order valence-electron chi connectivity index (χ4n) is 2.06. The minimum atomic E-state index is 0.712. The maximum Gasteiger partial charge on any atom is 0.0991 e. The molecule has 0 fully saturated rings. The van der Waals surface area contributed by atoms with Gasteiger partial charge in [0, 0.05) is 11.2 Å². The van der Waals surface area contributed by atoms with Crippen molar-refractivity contribution in [2.75, 3.05) is 11.6 Å². The number of hydrogen-bond acceptors (Lipinski definition) is 4. The lowest BCUT2D eigenvalue weighted by Gasteiger charge is -2.29. The summed E-state index contributed by atoms with van der Waals surface area (Å²) in [6, 6.07) is 13.4. The summed E-state index contributed by atoms with van der Waals surface area (Å²) in [4.78, 5) is 4.32. The van der Waals surface area contributed by atoms with E-state index in [1.54, 1.807) is 11.3 Å². The highest BCUT2D eigenvalue weighted by molar-refractivity contribution is 6.30. The molecule has 1 aliphatic rings. The number of nitrogens with zero attached hydrogens (tertiary/aromatic N) is 3. The molecule has 4 nitrogen and oxygen atoms in total. The van der Waals surface area contributed by atoms with Gasteiger partial charge in [0.25, 0.3) is 0 Å². The van der Waals surface area contributed by atoms with Gasteiger partial charge in [-0.2, -0.15) is 0 Å². The molecule has 96 valence electrons. The summed E-state index contributed by atoms with van der Waals surface area (Å²) in [5.74, 6) is 6.14. The first kappa shape index (κ1) is 12.0. The molecule has 3 rings (SSSR count). The summed E-state index contributed by atoms with van der Waals surface area (Å²) < 4.78 is 0. The smallest absolute Gasteiger partial charge is 0.0991 e. The summed E-state index contributed by atoms with van der Waals surface area (Å²) in [6.07, 6.45) is 3.81. The number of nitrogens with two attached hydrogens (primary N) is 1. The zero-order valence-electron chi connectivity index (χ0n) is 10.2. The molecule has 0 radical (unpaired) electrons. The highest BCUT2D eigenvalue weighted by Gasteiger charge is 2.23. The zero-order chi connectivity index (χ0) is 13.2. The second-order valence-electron chi connectivity index (χ2n) is 4.21. The van der Waals surface area contributed by atoms with Gasteiger partial charge in [0.2, 0.25) is 0 Å². The third-order valence-corrected chi connectivity index (χ3v) is 3.27. The van der Waals surface area contributed by atoms with Gasteiger partial charge in [-0.15, -0.1) is 0 Å². The summed E-state index contributed by atoms with van der Waals surface area (Å²) in [5.41, 5.74) is 2.76. The molecular weight excluding hydrogens is 260 g/mol. The number of aromatic nitrogens is 1. The van der Waals surface area contributed by atoms with Gasteiger partial charge in [-0.3, -0.25) is 9.99 Å². The normalized spacial score (nSPS) is 14.7. The molecule has 5 heteroatoms. The lowest BCUT2D eigenvalue weighted by molar-refractivity contribution is 0.411. The van der Waals surface area contributed by atoms with Crippen molar-refractivity contribution in [1.29, 1.82) is 0 Å². The first-order valence-corrected chi connectivity index (χ1v) is 6.33. The van der Waals surface area contributed by atoms with E-state index in [0.717, 1.165) is 17.1 Å². The van der Waals surface area contributed by atoms with E-state index in [2.05, 4.69) is 11.1 Å². The fraction of sp³-hybridized carbons (Fsp3) is 0.0714. The lowest BCUT2D eigenvalue weighted by Crippen LogP contribution is -2.42. The van der Waals surface area contributed by atoms with Crippen LogP contribution in [-0.2, 0) is 0 Å². The molecule has 0 saturated heterocycles. The average Bonchev–Trinajstić information content (AvgIpc) is 2.83. The largest absolute Gasteiger partial charge is 0.267 e. The molecule has 2 aromatic rings. The van der Waals surface area contributed by atoms with Crippen molar-refractivity contribution in [2.24, 2.45) is 5.84 Å². The number of hydrogen-bond donors (Lipinski definition) is 1. The number of anilines is 1. The van der Waals surface area contributed by atoms with Crippen LogP contribution in [0.5, 0.6) is 0 Å². The second kappa shape index (κ2) is 4.91. The van der Waals surface area contributed by atoms with Crippen molar-refractivity contribution >= 4 is 23.0 Å². The average molecular weight is 273 g/mol. The SMILES string of the molecule is NN1C(c2ccccn2)=CCN1c1ccc(Cl)cc1. The first-order chi connectivity index (χ1) is 9.25. The summed E-state index contributed by atoms with van der Waals surface area (Å²) >= 11 is 5.89. The van der Waals surface area contributed by atoms with Crippen molar-refractivity contribution in [3.63, 3.8) is 0 Å². The molecule has 0 bridgehead atoms. The highest BCUT2D eigenvalue weighted by atomic mass is 35.5. The Balaban J connectivity index is 1.85. The van der Waals surface area contributed by atoms with Crippen molar-refractivity contribution < 1.29 is 0 Å². The van der Waals surface area contributed by atoms with Gasteiger partial charge in [0.15, 0.2) is 0 Å². The Bertz CT molecular complexity index is 595. The Morgan fingerprint density at radius 1 is 1.11 bits per heavy atom. The van der Waals surface area contributed by atoms with Crippen molar-refractivity contribution in [1.82, 2.24) is 10.1 Å². The van der Waals surface area contributed by atoms with Crippen LogP contribution < -0.4 is 10.9 Å². The predicted octanol–water partition coefficient (Wildman–Crippen LogP) is 2.69. The Labute approximate surface area is 116 Å². The standard InChI is InChI=1S/C14H13ClN4/c15-11-4-6-12(7-5-11)18-10-8-14(19(18)16)13-3-1-2-9-17-13/h1-9H,10,16H2. The van der Waals surface area contributed by atoms with Gasteiger partial charge in [-0.25, -0.2) is 11.0 Å². The van der Waals surface area contributed by atoms with E-state index >= 15 is 0 Å². The first-order valence-electron chi connectivity index (χ1n) is 5.95. The summed E-state index contributed by atoms with van der Waals surface area (Å²) in [5, 5.41) is 4.29. The number of rotatable bonds is 2. The topological polar surface area (TPSA) is 45.4 Å². The van der Waals surface area contributed by atoms with Crippen LogP contribution >= 0.6 is 11.6 Å². The third kappa shape index (κ3) is 2.28. The van der Waals surface area contributed by atoms with Crippen LogP contribution in [0.3, 0.4) is 0 Å². The molecular formula is C14H13ClN4. The molecule has 2 heterocycles. The maximum absolute atomic E-state index is 6.14. The Morgan fingerprint density at radius 2 is 1.89 bits per heavy atom. The molecule has 1 aromatic carbocycles. The van der Waals surface area contributed by atoms with E-state index in [4.69, 9.17) is 17.4 Å². The minimum Gasteiger partial charge on any atom is -0.267 e. The molecule has 2 N–H and O–H groups in total. The van der Waals surface area contributed by atoms with E-state index in [1.165, 1.54) is 0 Å². The molecule has 1 aliphatic heterocycles. The zero-order valence-corrected chi connectivity index (χ0v) is 11.0. The van der Waals surface area contributed by atoms with E-state index in [1.807, 2.05) is 47.5 Å². The maximum atomic E-state index is 6.14. The van der Waals surface area contributed by atoms with Gasteiger partial charge in [0.05, 0.1) is 23.6 Å². The number of halogens is 1. The third-order valence-electron chi connectivity index (χ3n) is 3.02. The van der Waals surface area contributed by atoms with Crippen LogP contribution in [0.2, 0.25) is 5.02 Å². The van der Waals surface area contributed by atoms with Crippen LogP contribution in [0.25, 0.3) is 5.70 Å². The fourth-order valence-corrected chi connectivity index (χ4v) is 2.19. The lowest BCUT2D eigenvalue weighted by atomic mass is 10.3. The molecule has 0 amide bonds. The van der Waals surface area contributed by atoms with Crippen LogP contribution in [0, 0.1) is 0 Å². The number of pyridine rings is 1. The van der Waals surface area contributed by atoms with E-state index in [0.29, 0.717) is 11.6 Å². The van der Waals surface area contributed by atoms with E-state index in [9.17, 15) is 0 Å². The molecule has 0 atom stereocenters. The molecule has 0 saturated carbocycles. The molecule has 1 aromatic heterocycles. The Morgan fingerprint density at radius 3 is 2.58 bits per heavy atom. The minimum absolute atomic E-state index is 0.712. The predicted molar refractivity (Wildman–Crippen MR) is 77.0 cm³/mol. The van der Waals surface area contributed by atoms with Gasteiger partial charge in [0.1, 0.15) is 0 Å². The van der Waals surface area contributed by atoms with Gasteiger partial charge in [-0.1, -0.05) is 17.7 Å². The molecule has 19 heavy (non-hydrogen) atoms. The quantitative estimate of drug-likeness (QED) is 0.854. The number of benzene rings is 1. The van der Waals surface area contributed by atoms with E-state index in [-0.39, 0.29) is 0 Å². The van der Waals surface area contributed by atoms with Gasteiger partial charge in [-0.05, 0) is 42.5 Å². The molecule has 0 unspecified atom stereocenters. The van der Waals surface area contributed by atoms with Crippen LogP contribution in [0.15, 0.2) is 54.7 Å². The summed E-state index contributed by atoms with van der Waals surface area (Å²) in [6.45, 7) is 0.712. The van der Waals surface area contributed by atoms with Gasteiger partial charge >= 0.3 is 0 Å². The van der Waals surface area contributed by atoms with Crippen molar-refractivity contribution in [3.05, 3.63) is 65.5 Å². The Hall–Kier alpha value is -2.04. The van der Waals surface area contributed by atoms with E-state index < -0.39 is 0 Å². The van der Waals surface area contributed by atoms with Crippen molar-refractivity contribution in [3.8, 4) is 0 Å².